The Hall–Kier alpha value is 0.110. The van der Waals surface area contributed by atoms with Gasteiger partial charge in [-0.3, -0.25) is 4.57 Å². The van der Waals surface area contributed by atoms with Crippen LogP contribution in [0.2, 0.25) is 0 Å². The molecule has 32 heavy (non-hydrogen) atoms. The minimum atomic E-state index is -2.95. The van der Waals surface area contributed by atoms with Crippen LogP contribution in [0.4, 0.5) is 0 Å². The Morgan fingerprint density at radius 3 is 1.56 bits per heavy atom. The highest BCUT2D eigenvalue weighted by Gasteiger charge is 2.24. The summed E-state index contributed by atoms with van der Waals surface area (Å²) in [7, 11) is -1.24. The van der Waals surface area contributed by atoms with Gasteiger partial charge in [-0.25, -0.2) is 0 Å². The Kier molecular flexibility index (Phi) is 24.3. The molecular weight excluding hydrogens is 419 g/mol. The van der Waals surface area contributed by atoms with E-state index in [-0.39, 0.29) is 0 Å². The normalized spacial score (nSPS) is 14.5. The summed E-state index contributed by atoms with van der Waals surface area (Å²) >= 11 is 0. The summed E-state index contributed by atoms with van der Waals surface area (Å²) in [5, 5.41) is 0. The lowest BCUT2D eigenvalue weighted by atomic mass is 10.0. The smallest absolute Gasteiger partial charge is 0.330 e. The van der Waals surface area contributed by atoms with Crippen LogP contribution in [0.15, 0.2) is 0 Å². The lowest BCUT2D eigenvalue weighted by molar-refractivity contribution is 0.144. The van der Waals surface area contributed by atoms with Gasteiger partial charge >= 0.3 is 7.60 Å². The molecule has 5 heteroatoms. The summed E-state index contributed by atoms with van der Waals surface area (Å²) in [6, 6.07) is 0. The van der Waals surface area contributed by atoms with Crippen molar-refractivity contribution < 1.29 is 18.3 Å². The molecule has 0 bridgehead atoms. The molecule has 0 aliphatic rings. The Morgan fingerprint density at radius 1 is 0.625 bits per heavy atom. The van der Waals surface area contributed by atoms with E-state index in [9.17, 15) is 4.57 Å². The molecule has 2 unspecified atom stereocenters. The average molecular weight is 477 g/mol. The maximum absolute atomic E-state index is 13.0. The van der Waals surface area contributed by atoms with Gasteiger partial charge < -0.3 is 13.8 Å². The van der Waals surface area contributed by atoms with Crippen LogP contribution in [0, 0.1) is 5.92 Å². The number of hydrogen-bond donors (Lipinski definition) is 0. The Bertz CT molecular complexity index is 416. The summed E-state index contributed by atoms with van der Waals surface area (Å²) in [6.45, 7) is 8.26. The highest BCUT2D eigenvalue weighted by atomic mass is 31.2. The van der Waals surface area contributed by atoms with Crippen molar-refractivity contribution in [3.05, 3.63) is 0 Å². The van der Waals surface area contributed by atoms with Crippen LogP contribution in [0.1, 0.15) is 136 Å². The molecule has 0 aliphatic heterocycles. The number of ether oxygens (including phenoxy) is 1. The topological polar surface area (TPSA) is 44.8 Å². The third-order valence-electron chi connectivity index (χ3n) is 6.19. The lowest BCUT2D eigenvalue weighted by Crippen LogP contribution is -2.10. The van der Waals surface area contributed by atoms with Gasteiger partial charge in [-0.05, 0) is 25.2 Å². The van der Waals surface area contributed by atoms with Crippen LogP contribution in [0.3, 0.4) is 0 Å². The van der Waals surface area contributed by atoms with Crippen LogP contribution in [-0.4, -0.2) is 33.1 Å². The van der Waals surface area contributed by atoms with Crippen molar-refractivity contribution in [2.45, 2.75) is 136 Å². The Balaban J connectivity index is 3.65. The molecule has 0 rings (SSSR count). The van der Waals surface area contributed by atoms with Crippen LogP contribution in [0.25, 0.3) is 0 Å². The third kappa shape index (κ3) is 21.9. The second-order valence-electron chi connectivity index (χ2n) is 9.65. The van der Waals surface area contributed by atoms with Crippen molar-refractivity contribution in [2.24, 2.45) is 5.92 Å². The molecule has 0 fully saturated rings. The summed E-state index contributed by atoms with van der Waals surface area (Å²) in [5.74, 6) is 0.333. The molecule has 0 saturated heterocycles. The molecule has 0 N–H and O–H groups in total. The first kappa shape index (κ1) is 32.1. The van der Waals surface area contributed by atoms with E-state index in [0.717, 1.165) is 32.1 Å². The zero-order valence-electron chi connectivity index (χ0n) is 22.2. The minimum Gasteiger partial charge on any atom is -0.385 e. The van der Waals surface area contributed by atoms with Gasteiger partial charge in [-0.2, -0.15) is 0 Å². The largest absolute Gasteiger partial charge is 0.385 e. The standard InChI is InChI=1S/C27H57O4P/c1-5-7-9-10-11-12-13-14-15-16-17-18-19-20-21-23-30-32(28,25-8-6-2)31-26-27(3)22-24-29-4/h27H,5-26H2,1-4H3. The molecule has 4 nitrogen and oxygen atoms in total. The van der Waals surface area contributed by atoms with Gasteiger partial charge in [0.15, 0.2) is 0 Å². The fraction of sp³-hybridized carbons (Fsp3) is 1.00. The van der Waals surface area contributed by atoms with Gasteiger partial charge in [0.05, 0.1) is 19.4 Å². The van der Waals surface area contributed by atoms with Crippen LogP contribution < -0.4 is 0 Å². The molecule has 0 amide bonds. The molecule has 0 aromatic carbocycles. The number of unbranched alkanes of at least 4 members (excludes halogenated alkanes) is 15. The fourth-order valence-corrected chi connectivity index (χ4v) is 5.76. The maximum atomic E-state index is 13.0. The van der Waals surface area contributed by atoms with Crippen molar-refractivity contribution >= 4 is 7.60 Å². The van der Waals surface area contributed by atoms with Gasteiger partial charge in [-0.1, -0.05) is 117 Å². The van der Waals surface area contributed by atoms with E-state index in [4.69, 9.17) is 13.8 Å². The van der Waals surface area contributed by atoms with Crippen LogP contribution >= 0.6 is 7.60 Å². The molecule has 0 spiro atoms. The quantitative estimate of drug-likeness (QED) is 0.0920. The molecule has 0 aliphatic carbocycles. The molecule has 194 valence electrons. The van der Waals surface area contributed by atoms with Gasteiger partial charge in [0.2, 0.25) is 0 Å². The molecule has 0 radical (unpaired) electrons. The van der Waals surface area contributed by atoms with Gasteiger partial charge in [0.1, 0.15) is 0 Å². The van der Waals surface area contributed by atoms with Crippen molar-refractivity contribution in [3.8, 4) is 0 Å². The van der Waals surface area contributed by atoms with E-state index in [1.807, 2.05) is 0 Å². The van der Waals surface area contributed by atoms with E-state index in [2.05, 4.69) is 20.8 Å². The first-order valence-corrected chi connectivity index (χ1v) is 15.7. The lowest BCUT2D eigenvalue weighted by Gasteiger charge is -2.20. The van der Waals surface area contributed by atoms with E-state index in [1.54, 1.807) is 7.11 Å². The molecule has 0 aromatic rings. The van der Waals surface area contributed by atoms with E-state index >= 15 is 0 Å². The highest BCUT2D eigenvalue weighted by Crippen LogP contribution is 2.49. The Morgan fingerprint density at radius 2 is 1.09 bits per heavy atom. The molecule has 0 heterocycles. The summed E-state index contributed by atoms with van der Waals surface area (Å²) in [5.41, 5.74) is 0. The average Bonchev–Trinajstić information content (AvgIpc) is 2.80. The summed E-state index contributed by atoms with van der Waals surface area (Å²) in [6.07, 6.45) is 23.6. The minimum absolute atomic E-state index is 0.333. The number of methoxy groups -OCH3 is 1. The Labute approximate surface area is 201 Å². The molecule has 0 saturated carbocycles. The maximum Gasteiger partial charge on any atom is 0.330 e. The predicted octanol–water partition coefficient (Wildman–Crippen LogP) is 9.56. The predicted molar refractivity (Wildman–Crippen MR) is 140 cm³/mol. The van der Waals surface area contributed by atoms with Gasteiger partial charge in [-0.15, -0.1) is 0 Å². The summed E-state index contributed by atoms with van der Waals surface area (Å²) in [4.78, 5) is 0. The van der Waals surface area contributed by atoms with E-state index in [0.29, 0.717) is 31.9 Å². The molecule has 2 atom stereocenters. The first-order chi connectivity index (χ1) is 15.6. The van der Waals surface area contributed by atoms with Crippen LogP contribution in [-0.2, 0) is 18.3 Å². The SMILES string of the molecule is CCCCCCCCCCCCCCCCCOP(=O)(CCCC)OCC(C)CCOC. The number of rotatable bonds is 26. The third-order valence-corrected chi connectivity index (χ3v) is 8.17. The fourth-order valence-electron chi connectivity index (χ4n) is 3.84. The van der Waals surface area contributed by atoms with Crippen molar-refractivity contribution in [1.29, 1.82) is 0 Å². The number of hydrogen-bond acceptors (Lipinski definition) is 4. The van der Waals surface area contributed by atoms with Crippen LogP contribution in [0.5, 0.6) is 0 Å². The van der Waals surface area contributed by atoms with Crippen molar-refractivity contribution in [3.63, 3.8) is 0 Å². The monoisotopic (exact) mass is 476 g/mol. The molecular formula is C27H57O4P. The summed E-state index contributed by atoms with van der Waals surface area (Å²) < 4.78 is 29.7. The van der Waals surface area contributed by atoms with E-state index in [1.165, 1.54) is 83.5 Å². The molecule has 0 aromatic heterocycles. The van der Waals surface area contributed by atoms with E-state index < -0.39 is 7.60 Å². The highest BCUT2D eigenvalue weighted by molar-refractivity contribution is 7.53. The first-order valence-electron chi connectivity index (χ1n) is 13.9. The van der Waals surface area contributed by atoms with Gasteiger partial charge in [0, 0.05) is 13.7 Å². The van der Waals surface area contributed by atoms with Gasteiger partial charge in [0.25, 0.3) is 0 Å². The van der Waals surface area contributed by atoms with Crippen molar-refractivity contribution in [1.82, 2.24) is 0 Å². The second kappa shape index (κ2) is 24.2. The zero-order valence-corrected chi connectivity index (χ0v) is 23.1. The second-order valence-corrected chi connectivity index (χ2v) is 11.8. The van der Waals surface area contributed by atoms with Crippen molar-refractivity contribution in [2.75, 3.05) is 33.1 Å². The zero-order chi connectivity index (χ0) is 23.8.